The first kappa shape index (κ1) is 13.5. The van der Waals surface area contributed by atoms with Crippen LogP contribution in [0.25, 0.3) is 6.08 Å². The number of esters is 1. The molecule has 20 heavy (non-hydrogen) atoms. The van der Waals surface area contributed by atoms with Gasteiger partial charge in [-0.3, -0.25) is 9.59 Å². The fourth-order valence-electron chi connectivity index (χ4n) is 1.85. The highest BCUT2D eigenvalue weighted by Crippen LogP contribution is 2.37. The van der Waals surface area contributed by atoms with Gasteiger partial charge in [0.15, 0.2) is 0 Å². The van der Waals surface area contributed by atoms with Crippen LogP contribution in [0.4, 0.5) is 0 Å². The zero-order valence-corrected chi connectivity index (χ0v) is 12.1. The number of amides is 1. The molecule has 0 spiro atoms. The quantitative estimate of drug-likeness (QED) is 0.621. The molecular formula is C14H11NO3S2. The van der Waals surface area contributed by atoms with Gasteiger partial charge >= 0.3 is 5.97 Å². The first-order valence-electron chi connectivity index (χ1n) is 6.13. The van der Waals surface area contributed by atoms with Crippen LogP contribution in [0.3, 0.4) is 0 Å². The van der Waals surface area contributed by atoms with Crippen LogP contribution < -0.4 is 0 Å². The Balaban J connectivity index is 1.69. The Morgan fingerprint density at radius 1 is 1.30 bits per heavy atom. The topological polar surface area (TPSA) is 55.7 Å². The third-order valence-electron chi connectivity index (χ3n) is 2.83. The van der Waals surface area contributed by atoms with Gasteiger partial charge in [-0.2, -0.15) is 4.99 Å². The Bertz CT molecular complexity index is 610. The van der Waals surface area contributed by atoms with E-state index in [1.165, 1.54) is 23.5 Å². The van der Waals surface area contributed by atoms with Crippen molar-refractivity contribution in [3.8, 4) is 0 Å². The van der Waals surface area contributed by atoms with E-state index in [2.05, 4.69) is 4.99 Å². The van der Waals surface area contributed by atoms with E-state index in [0.29, 0.717) is 22.3 Å². The van der Waals surface area contributed by atoms with Gasteiger partial charge < -0.3 is 4.74 Å². The number of ether oxygens (including phenoxy) is 1. The monoisotopic (exact) mass is 305 g/mol. The fraction of sp³-hybridized carbons (Fsp3) is 0.214. The van der Waals surface area contributed by atoms with E-state index in [-0.39, 0.29) is 17.1 Å². The molecule has 1 aromatic rings. The van der Waals surface area contributed by atoms with Crippen LogP contribution in [0.2, 0.25) is 0 Å². The molecule has 1 fully saturated rings. The summed E-state index contributed by atoms with van der Waals surface area (Å²) in [5.41, 5.74) is 0.963. The zero-order chi connectivity index (χ0) is 13.9. The van der Waals surface area contributed by atoms with Gasteiger partial charge in [-0.05, 0) is 11.6 Å². The second-order valence-electron chi connectivity index (χ2n) is 4.27. The van der Waals surface area contributed by atoms with E-state index in [1.807, 2.05) is 36.4 Å². The molecule has 0 bridgehead atoms. The summed E-state index contributed by atoms with van der Waals surface area (Å²) in [5.74, 6) is -0.459. The van der Waals surface area contributed by atoms with Gasteiger partial charge in [0.25, 0.3) is 5.91 Å². The molecule has 1 saturated heterocycles. The van der Waals surface area contributed by atoms with Crippen molar-refractivity contribution in [1.82, 2.24) is 0 Å². The summed E-state index contributed by atoms with van der Waals surface area (Å²) in [4.78, 5) is 27.8. The second-order valence-corrected chi connectivity index (χ2v) is 6.75. The summed E-state index contributed by atoms with van der Waals surface area (Å²) in [7, 11) is 0. The lowest BCUT2D eigenvalue weighted by atomic mass is 10.2. The van der Waals surface area contributed by atoms with Crippen molar-refractivity contribution >= 4 is 45.9 Å². The molecular weight excluding hydrogens is 294 g/mol. The molecule has 1 amide bonds. The summed E-state index contributed by atoms with van der Waals surface area (Å²) in [6.07, 6.45) is 2.49. The summed E-state index contributed by atoms with van der Waals surface area (Å²) in [6.45, 7) is 0.453. The molecule has 0 aliphatic carbocycles. The summed E-state index contributed by atoms with van der Waals surface area (Å²) < 4.78 is 5.53. The van der Waals surface area contributed by atoms with Crippen molar-refractivity contribution in [1.29, 1.82) is 0 Å². The Labute approximate surface area is 124 Å². The Morgan fingerprint density at radius 2 is 2.10 bits per heavy atom. The molecule has 0 aromatic heterocycles. The number of nitrogens with zero attached hydrogens (tertiary/aromatic N) is 1. The smallest absolute Gasteiger partial charge is 0.319 e. The Hall–Kier alpha value is -1.53. The number of cyclic esters (lactones) is 1. The number of thioether (sulfide) groups is 2. The highest BCUT2D eigenvalue weighted by atomic mass is 32.2. The highest BCUT2D eigenvalue weighted by Gasteiger charge is 2.32. The van der Waals surface area contributed by atoms with Crippen molar-refractivity contribution in [3.63, 3.8) is 0 Å². The first-order valence-corrected chi connectivity index (χ1v) is 7.83. The summed E-state index contributed by atoms with van der Waals surface area (Å²) in [6, 6.07) is 9.62. The molecule has 0 saturated carbocycles. The lowest BCUT2D eigenvalue weighted by Crippen LogP contribution is -2.10. The van der Waals surface area contributed by atoms with E-state index in [1.54, 1.807) is 0 Å². The lowest BCUT2D eigenvalue weighted by molar-refractivity contribution is -0.137. The van der Waals surface area contributed by atoms with E-state index in [9.17, 15) is 9.59 Å². The van der Waals surface area contributed by atoms with E-state index < -0.39 is 0 Å². The normalized spacial score (nSPS) is 24.1. The minimum absolute atomic E-state index is 0.216. The maximum atomic E-state index is 11.8. The molecule has 2 aliphatic heterocycles. The van der Waals surface area contributed by atoms with E-state index >= 15 is 0 Å². The van der Waals surface area contributed by atoms with Crippen LogP contribution in [-0.4, -0.2) is 28.1 Å². The van der Waals surface area contributed by atoms with E-state index in [0.717, 1.165) is 5.56 Å². The maximum Gasteiger partial charge on any atom is 0.319 e. The van der Waals surface area contributed by atoms with Crippen molar-refractivity contribution in [2.24, 2.45) is 4.99 Å². The van der Waals surface area contributed by atoms with Crippen LogP contribution in [0.5, 0.6) is 0 Å². The standard InChI is InChI=1S/C14H11NO3S2/c16-12-11(8-9-4-2-1-3-5-9)20-14(15-12)19-10-6-7-18-13(10)17/h1-5,8,10H,6-7H2/b11-8-/t10-/m0/s1. The number of carbonyl (C=O) groups is 2. The molecule has 0 radical (unpaired) electrons. The van der Waals surface area contributed by atoms with Crippen LogP contribution >= 0.6 is 23.5 Å². The van der Waals surface area contributed by atoms with Gasteiger partial charge in [-0.1, -0.05) is 53.9 Å². The van der Waals surface area contributed by atoms with Gasteiger partial charge in [0.2, 0.25) is 0 Å². The average molecular weight is 305 g/mol. The summed E-state index contributed by atoms with van der Waals surface area (Å²) in [5, 5.41) is -0.231. The predicted molar refractivity (Wildman–Crippen MR) is 81.4 cm³/mol. The molecule has 0 unspecified atom stereocenters. The number of carbonyl (C=O) groups excluding carboxylic acids is 2. The Morgan fingerprint density at radius 3 is 2.80 bits per heavy atom. The third-order valence-corrected chi connectivity index (χ3v) is 5.15. The van der Waals surface area contributed by atoms with Crippen LogP contribution in [0.15, 0.2) is 40.2 Å². The predicted octanol–water partition coefficient (Wildman–Crippen LogP) is 2.71. The number of hydrogen-bond donors (Lipinski definition) is 0. The highest BCUT2D eigenvalue weighted by molar-refractivity contribution is 8.41. The van der Waals surface area contributed by atoms with Gasteiger partial charge in [0.1, 0.15) is 9.63 Å². The summed E-state index contributed by atoms with van der Waals surface area (Å²) >= 11 is 2.64. The van der Waals surface area contributed by atoms with E-state index in [4.69, 9.17) is 4.74 Å². The maximum absolute atomic E-state index is 11.8. The second kappa shape index (κ2) is 5.85. The molecule has 2 heterocycles. The molecule has 102 valence electrons. The minimum atomic E-state index is -0.243. The minimum Gasteiger partial charge on any atom is -0.465 e. The molecule has 3 rings (SSSR count). The number of rotatable bonds is 2. The van der Waals surface area contributed by atoms with Crippen molar-refractivity contribution < 1.29 is 14.3 Å². The van der Waals surface area contributed by atoms with Crippen LogP contribution in [-0.2, 0) is 14.3 Å². The average Bonchev–Trinajstić information content (AvgIpc) is 2.99. The Kier molecular flexibility index (Phi) is 3.93. The first-order chi connectivity index (χ1) is 9.72. The largest absolute Gasteiger partial charge is 0.465 e. The third kappa shape index (κ3) is 2.96. The number of aliphatic imine (C=N–C) groups is 1. The molecule has 1 aromatic carbocycles. The number of hydrogen-bond acceptors (Lipinski definition) is 5. The molecule has 4 nitrogen and oxygen atoms in total. The van der Waals surface area contributed by atoms with Crippen molar-refractivity contribution in [2.75, 3.05) is 6.61 Å². The van der Waals surface area contributed by atoms with Gasteiger partial charge in [-0.15, -0.1) is 0 Å². The number of benzene rings is 1. The van der Waals surface area contributed by atoms with Gasteiger partial charge in [-0.25, -0.2) is 0 Å². The van der Waals surface area contributed by atoms with Gasteiger partial charge in [0, 0.05) is 6.42 Å². The lowest BCUT2D eigenvalue weighted by Gasteiger charge is -2.02. The fourth-order valence-corrected chi connectivity index (χ4v) is 4.06. The van der Waals surface area contributed by atoms with Crippen LogP contribution in [0, 0.1) is 0 Å². The van der Waals surface area contributed by atoms with Crippen LogP contribution in [0.1, 0.15) is 12.0 Å². The van der Waals surface area contributed by atoms with Gasteiger partial charge in [0.05, 0.1) is 11.5 Å². The zero-order valence-electron chi connectivity index (χ0n) is 10.4. The molecule has 0 N–H and O–H groups in total. The van der Waals surface area contributed by atoms with Crippen molar-refractivity contribution in [2.45, 2.75) is 11.7 Å². The SMILES string of the molecule is O=C1N=C(S[C@H]2CCOC2=O)S/C1=C\c1ccccc1. The molecule has 2 aliphatic rings. The molecule has 6 heteroatoms. The van der Waals surface area contributed by atoms with Crippen molar-refractivity contribution in [3.05, 3.63) is 40.8 Å². The molecule has 1 atom stereocenters.